The van der Waals surface area contributed by atoms with E-state index in [2.05, 4.69) is 66.6 Å². The number of nitrogens with zero attached hydrogens (tertiary/aromatic N) is 2. The quantitative estimate of drug-likeness (QED) is 0.349. The first-order valence-electron chi connectivity index (χ1n) is 8.21. The fourth-order valence-corrected chi connectivity index (χ4v) is 2.43. The molecule has 0 unspecified atom stereocenters. The predicted molar refractivity (Wildman–Crippen MR) is 100 cm³/mol. The Kier molecular flexibility index (Phi) is 7.98. The zero-order valence-corrected chi connectivity index (χ0v) is 14.2. The lowest BCUT2D eigenvalue weighted by Gasteiger charge is -2.26. The Labute approximate surface area is 145 Å². The smallest absolute Gasteiger partial charge is 0.122 e. The van der Waals surface area contributed by atoms with Gasteiger partial charge in [-0.05, 0) is 11.1 Å². The number of benzene rings is 2. The normalized spacial score (nSPS) is 10.9. The van der Waals surface area contributed by atoms with Gasteiger partial charge in [0.25, 0.3) is 0 Å². The van der Waals surface area contributed by atoms with Crippen molar-refractivity contribution in [2.45, 2.75) is 13.1 Å². The van der Waals surface area contributed by atoms with E-state index in [1.165, 1.54) is 11.1 Å². The van der Waals surface area contributed by atoms with Crippen molar-refractivity contribution in [2.24, 2.45) is 0 Å². The minimum absolute atomic E-state index is 0.512. The maximum atomic E-state index is 6.08. The summed E-state index contributed by atoms with van der Waals surface area (Å²) >= 11 is 0. The van der Waals surface area contributed by atoms with Crippen LogP contribution in [-0.4, -0.2) is 29.8 Å². The molecule has 2 aromatic carbocycles. The van der Waals surface area contributed by atoms with Gasteiger partial charge < -0.3 is 0 Å². The fourth-order valence-electron chi connectivity index (χ4n) is 2.43. The van der Waals surface area contributed by atoms with E-state index >= 15 is 0 Å². The molecule has 0 spiro atoms. The van der Waals surface area contributed by atoms with Gasteiger partial charge in [0.15, 0.2) is 0 Å². The largest absolute Gasteiger partial charge is 0.283 e. The van der Waals surface area contributed by atoms with Gasteiger partial charge in [-0.1, -0.05) is 72.8 Å². The molecule has 3 nitrogen and oxygen atoms in total. The van der Waals surface area contributed by atoms with E-state index in [0.29, 0.717) is 6.73 Å². The van der Waals surface area contributed by atoms with Crippen molar-refractivity contribution in [3.05, 3.63) is 97.1 Å². The summed E-state index contributed by atoms with van der Waals surface area (Å²) in [5, 5.41) is 2.00. The van der Waals surface area contributed by atoms with Gasteiger partial charge in [-0.3, -0.25) is 9.74 Å². The molecular weight excluding hydrogens is 296 g/mol. The first kappa shape index (κ1) is 18.1. The summed E-state index contributed by atoms with van der Waals surface area (Å²) in [7, 11) is 0. The van der Waals surface area contributed by atoms with Crippen LogP contribution >= 0.6 is 0 Å². The first-order chi connectivity index (χ1) is 11.8. The average Bonchev–Trinajstić information content (AvgIpc) is 2.61. The molecule has 0 saturated heterocycles. The van der Waals surface area contributed by atoms with Crippen LogP contribution in [0.3, 0.4) is 0 Å². The van der Waals surface area contributed by atoms with Gasteiger partial charge in [0, 0.05) is 26.2 Å². The summed E-state index contributed by atoms with van der Waals surface area (Å²) in [6.45, 7) is 11.1. The van der Waals surface area contributed by atoms with Crippen LogP contribution < -0.4 is 0 Å². The molecule has 2 aromatic rings. The molecule has 0 aliphatic carbocycles. The van der Waals surface area contributed by atoms with Crippen molar-refractivity contribution in [3.63, 3.8) is 0 Å². The van der Waals surface area contributed by atoms with E-state index in [1.807, 2.05) is 29.3 Å². The fraction of sp³-hybridized carbons (Fsp3) is 0.238. The van der Waals surface area contributed by atoms with E-state index < -0.39 is 0 Å². The molecule has 3 heteroatoms. The third-order valence-corrected chi connectivity index (χ3v) is 3.60. The van der Waals surface area contributed by atoms with Gasteiger partial charge in [-0.15, -0.1) is 13.2 Å². The summed E-state index contributed by atoms with van der Waals surface area (Å²) in [4.78, 5) is 8.22. The van der Waals surface area contributed by atoms with Crippen LogP contribution in [-0.2, 0) is 17.9 Å². The molecule has 0 bridgehead atoms. The third-order valence-electron chi connectivity index (χ3n) is 3.60. The van der Waals surface area contributed by atoms with Gasteiger partial charge in [0.2, 0.25) is 0 Å². The molecule has 2 rings (SSSR count). The molecule has 24 heavy (non-hydrogen) atoms. The molecular formula is C21H26N2O. The molecule has 0 N–H and O–H groups in total. The predicted octanol–water partition coefficient (Wildman–Crippen LogP) is 4.25. The van der Waals surface area contributed by atoms with Crippen LogP contribution in [0.25, 0.3) is 0 Å². The molecule has 0 aliphatic rings. The average molecular weight is 322 g/mol. The van der Waals surface area contributed by atoms with Crippen molar-refractivity contribution in [3.8, 4) is 0 Å². The van der Waals surface area contributed by atoms with Gasteiger partial charge in [-0.2, -0.15) is 5.06 Å². The van der Waals surface area contributed by atoms with Crippen LogP contribution in [0.4, 0.5) is 0 Å². The molecule has 0 aromatic heterocycles. The topological polar surface area (TPSA) is 15.7 Å². The Morgan fingerprint density at radius 2 is 1.21 bits per heavy atom. The van der Waals surface area contributed by atoms with Crippen LogP contribution in [0.2, 0.25) is 0 Å². The van der Waals surface area contributed by atoms with Crippen molar-refractivity contribution in [1.29, 1.82) is 0 Å². The third kappa shape index (κ3) is 6.50. The molecule has 126 valence electrons. The van der Waals surface area contributed by atoms with Crippen molar-refractivity contribution in [1.82, 2.24) is 9.96 Å². The zero-order valence-electron chi connectivity index (χ0n) is 14.2. The Bertz CT molecular complexity index is 546. The highest BCUT2D eigenvalue weighted by Crippen LogP contribution is 2.11. The van der Waals surface area contributed by atoms with E-state index in [-0.39, 0.29) is 0 Å². The van der Waals surface area contributed by atoms with Gasteiger partial charge in [0.1, 0.15) is 6.73 Å². The Balaban J connectivity index is 2.01. The molecule has 0 atom stereocenters. The molecule has 0 fully saturated rings. The number of hydroxylamine groups is 2. The molecule has 0 amide bonds. The monoisotopic (exact) mass is 322 g/mol. The minimum atomic E-state index is 0.512. The highest BCUT2D eigenvalue weighted by Gasteiger charge is 2.10. The SMILES string of the molecule is C=CCN(CC=C)CON(Cc1ccccc1)Cc1ccccc1. The zero-order chi connectivity index (χ0) is 17.0. The maximum absolute atomic E-state index is 6.08. The van der Waals surface area contributed by atoms with Crippen molar-refractivity contribution >= 4 is 0 Å². The summed E-state index contributed by atoms with van der Waals surface area (Å²) in [6, 6.07) is 20.7. The van der Waals surface area contributed by atoms with Crippen LogP contribution in [0, 0.1) is 0 Å². The lowest BCUT2D eigenvalue weighted by molar-refractivity contribution is -0.202. The van der Waals surface area contributed by atoms with Crippen LogP contribution in [0.1, 0.15) is 11.1 Å². The summed E-state index contributed by atoms with van der Waals surface area (Å²) in [6.07, 6.45) is 3.76. The molecule has 0 aliphatic heterocycles. The van der Waals surface area contributed by atoms with E-state index in [9.17, 15) is 0 Å². The van der Waals surface area contributed by atoms with Gasteiger partial charge in [0.05, 0.1) is 0 Å². The summed E-state index contributed by atoms with van der Waals surface area (Å²) < 4.78 is 0. The van der Waals surface area contributed by atoms with Gasteiger partial charge >= 0.3 is 0 Å². The number of rotatable bonds is 11. The second-order valence-electron chi connectivity index (χ2n) is 5.64. The van der Waals surface area contributed by atoms with Crippen LogP contribution in [0.5, 0.6) is 0 Å². The lowest BCUT2D eigenvalue weighted by Crippen LogP contribution is -2.33. The highest BCUT2D eigenvalue weighted by molar-refractivity contribution is 5.16. The number of hydrogen-bond acceptors (Lipinski definition) is 3. The minimum Gasteiger partial charge on any atom is -0.283 e. The van der Waals surface area contributed by atoms with Crippen molar-refractivity contribution in [2.75, 3.05) is 19.8 Å². The Morgan fingerprint density at radius 3 is 1.62 bits per heavy atom. The lowest BCUT2D eigenvalue weighted by atomic mass is 10.2. The van der Waals surface area contributed by atoms with Gasteiger partial charge in [-0.25, -0.2) is 0 Å². The standard InChI is InChI=1S/C21H26N2O/c1-3-15-22(16-4-2)19-24-23(17-20-11-7-5-8-12-20)18-21-13-9-6-10-14-21/h3-14H,1-2,15-19H2. The molecule has 0 heterocycles. The van der Waals surface area contributed by atoms with E-state index in [4.69, 9.17) is 4.84 Å². The van der Waals surface area contributed by atoms with Crippen LogP contribution in [0.15, 0.2) is 86.0 Å². The first-order valence-corrected chi connectivity index (χ1v) is 8.21. The Hall–Kier alpha value is -2.20. The molecule has 0 saturated carbocycles. The Morgan fingerprint density at radius 1 is 0.750 bits per heavy atom. The molecule has 0 radical (unpaired) electrons. The highest BCUT2D eigenvalue weighted by atomic mass is 16.7. The number of hydrogen-bond donors (Lipinski definition) is 0. The summed E-state index contributed by atoms with van der Waals surface area (Å²) in [5.41, 5.74) is 2.46. The van der Waals surface area contributed by atoms with E-state index in [1.54, 1.807) is 0 Å². The maximum Gasteiger partial charge on any atom is 0.122 e. The van der Waals surface area contributed by atoms with E-state index in [0.717, 1.165) is 26.2 Å². The summed E-state index contributed by atoms with van der Waals surface area (Å²) in [5.74, 6) is 0. The second-order valence-corrected chi connectivity index (χ2v) is 5.64. The second kappa shape index (κ2) is 10.6. The van der Waals surface area contributed by atoms with Crippen molar-refractivity contribution < 1.29 is 4.84 Å².